The van der Waals surface area contributed by atoms with E-state index >= 15 is 0 Å². The molecular weight excluding hydrogens is 238 g/mol. The van der Waals surface area contributed by atoms with Gasteiger partial charge in [-0.25, -0.2) is 4.79 Å². The van der Waals surface area contributed by atoms with Gasteiger partial charge in [-0.15, -0.1) is 17.0 Å². The molecular formula is C8H10BrNO3. The molecule has 0 unspecified atom stereocenters. The summed E-state index contributed by atoms with van der Waals surface area (Å²) in [6.45, 7) is 1.52. The predicted octanol–water partition coefficient (Wildman–Crippen LogP) is 1.43. The van der Waals surface area contributed by atoms with Crippen molar-refractivity contribution in [2.45, 2.75) is 6.92 Å². The number of aromatic nitrogens is 1. The lowest BCUT2D eigenvalue weighted by atomic mass is 10.4. The number of nitrogens with zero attached hydrogens (tertiary/aromatic N) is 1. The molecule has 13 heavy (non-hydrogen) atoms. The molecule has 1 N–H and O–H groups in total. The standard InChI is InChI=1S/C8H9NO3.BrH/c1-6-2-3-7(4-9-6)12-5-8(10)11;/h2-4H,5H2,1H3,(H,10,11);1H. The van der Waals surface area contributed by atoms with Crippen molar-refractivity contribution in [3.8, 4) is 5.75 Å². The quantitative estimate of drug-likeness (QED) is 0.878. The van der Waals surface area contributed by atoms with Crippen molar-refractivity contribution < 1.29 is 14.6 Å². The molecule has 4 nitrogen and oxygen atoms in total. The highest BCUT2D eigenvalue weighted by Gasteiger charge is 1.98. The van der Waals surface area contributed by atoms with Crippen molar-refractivity contribution in [2.75, 3.05) is 6.61 Å². The number of hydrogen-bond donors (Lipinski definition) is 1. The van der Waals surface area contributed by atoms with Crippen LogP contribution in [-0.2, 0) is 4.79 Å². The number of halogens is 1. The van der Waals surface area contributed by atoms with Crippen LogP contribution < -0.4 is 4.74 Å². The Morgan fingerprint density at radius 3 is 2.77 bits per heavy atom. The smallest absolute Gasteiger partial charge is 0.341 e. The second-order valence-corrected chi connectivity index (χ2v) is 2.32. The van der Waals surface area contributed by atoms with E-state index in [-0.39, 0.29) is 23.6 Å². The summed E-state index contributed by atoms with van der Waals surface area (Å²) < 4.78 is 4.86. The third kappa shape index (κ3) is 4.47. The van der Waals surface area contributed by atoms with E-state index in [1.54, 1.807) is 12.1 Å². The van der Waals surface area contributed by atoms with Gasteiger partial charge in [-0.3, -0.25) is 4.98 Å². The zero-order valence-corrected chi connectivity index (χ0v) is 8.77. The summed E-state index contributed by atoms with van der Waals surface area (Å²) in [7, 11) is 0. The first-order valence-corrected chi connectivity index (χ1v) is 3.46. The topological polar surface area (TPSA) is 59.4 Å². The number of rotatable bonds is 3. The van der Waals surface area contributed by atoms with Crippen LogP contribution in [0, 0.1) is 6.92 Å². The van der Waals surface area contributed by atoms with Gasteiger partial charge in [0.05, 0.1) is 6.20 Å². The maximum Gasteiger partial charge on any atom is 0.341 e. The molecule has 0 aliphatic rings. The molecule has 0 amide bonds. The average Bonchev–Trinajstić information content (AvgIpc) is 2.03. The molecule has 0 saturated carbocycles. The molecule has 0 fully saturated rings. The molecule has 0 bridgehead atoms. The molecule has 1 aromatic heterocycles. The zero-order valence-electron chi connectivity index (χ0n) is 7.06. The fourth-order valence-corrected chi connectivity index (χ4v) is 0.685. The molecule has 0 atom stereocenters. The molecule has 0 aromatic carbocycles. The monoisotopic (exact) mass is 247 g/mol. The van der Waals surface area contributed by atoms with Crippen molar-refractivity contribution in [1.29, 1.82) is 0 Å². The number of pyridine rings is 1. The highest BCUT2D eigenvalue weighted by molar-refractivity contribution is 8.93. The summed E-state index contributed by atoms with van der Waals surface area (Å²) in [5.74, 6) is -0.515. The van der Waals surface area contributed by atoms with Gasteiger partial charge in [-0.2, -0.15) is 0 Å². The van der Waals surface area contributed by atoms with Gasteiger partial charge in [-0.1, -0.05) is 0 Å². The van der Waals surface area contributed by atoms with Crippen LogP contribution in [0.2, 0.25) is 0 Å². The molecule has 1 aromatic rings. The van der Waals surface area contributed by atoms with Crippen LogP contribution >= 0.6 is 17.0 Å². The minimum Gasteiger partial charge on any atom is -0.480 e. The predicted molar refractivity (Wildman–Crippen MR) is 52.4 cm³/mol. The third-order valence-corrected chi connectivity index (χ3v) is 1.25. The van der Waals surface area contributed by atoms with E-state index < -0.39 is 5.97 Å². The first-order valence-electron chi connectivity index (χ1n) is 3.46. The number of carboxylic acid groups (broad SMARTS) is 1. The molecule has 0 aliphatic carbocycles. The average molecular weight is 248 g/mol. The summed E-state index contributed by atoms with van der Waals surface area (Å²) in [5, 5.41) is 8.28. The Balaban J connectivity index is 0.00000144. The normalized spacial score (nSPS) is 8.69. The molecule has 0 aliphatic heterocycles. The molecule has 0 saturated heterocycles. The number of carbonyl (C=O) groups is 1. The first-order chi connectivity index (χ1) is 5.68. The van der Waals surface area contributed by atoms with Crippen LogP contribution in [0.15, 0.2) is 18.3 Å². The van der Waals surface area contributed by atoms with Crippen LogP contribution in [0.4, 0.5) is 0 Å². The van der Waals surface area contributed by atoms with Crippen LogP contribution in [0.1, 0.15) is 5.69 Å². The van der Waals surface area contributed by atoms with Gasteiger partial charge in [-0.05, 0) is 19.1 Å². The highest BCUT2D eigenvalue weighted by atomic mass is 79.9. The molecule has 0 spiro atoms. The Morgan fingerprint density at radius 2 is 2.31 bits per heavy atom. The number of carboxylic acids is 1. The SMILES string of the molecule is Br.Cc1ccc(OCC(=O)O)cn1. The van der Waals surface area contributed by atoms with Crippen LogP contribution in [0.5, 0.6) is 5.75 Å². The zero-order chi connectivity index (χ0) is 8.97. The fourth-order valence-electron chi connectivity index (χ4n) is 0.685. The maximum absolute atomic E-state index is 10.1. The molecule has 72 valence electrons. The summed E-state index contributed by atoms with van der Waals surface area (Å²) >= 11 is 0. The lowest BCUT2D eigenvalue weighted by Crippen LogP contribution is -2.09. The van der Waals surface area contributed by atoms with Crippen LogP contribution in [-0.4, -0.2) is 22.7 Å². The van der Waals surface area contributed by atoms with E-state index in [9.17, 15) is 4.79 Å². The number of hydrogen-bond acceptors (Lipinski definition) is 3. The molecule has 1 heterocycles. The molecule has 5 heteroatoms. The van der Waals surface area contributed by atoms with Gasteiger partial charge in [0, 0.05) is 5.69 Å². The van der Waals surface area contributed by atoms with Gasteiger partial charge in [0.15, 0.2) is 6.61 Å². The second kappa shape index (κ2) is 5.53. The lowest BCUT2D eigenvalue weighted by molar-refractivity contribution is -0.139. The molecule has 1 rings (SSSR count). The molecule has 0 radical (unpaired) electrons. The summed E-state index contributed by atoms with van der Waals surface area (Å²) in [6, 6.07) is 3.45. The van der Waals surface area contributed by atoms with E-state index in [2.05, 4.69) is 4.98 Å². The van der Waals surface area contributed by atoms with E-state index in [0.717, 1.165) is 5.69 Å². The van der Waals surface area contributed by atoms with Crippen molar-refractivity contribution in [3.63, 3.8) is 0 Å². The van der Waals surface area contributed by atoms with Crippen molar-refractivity contribution in [1.82, 2.24) is 4.98 Å². The van der Waals surface area contributed by atoms with Gasteiger partial charge >= 0.3 is 5.97 Å². The minimum absolute atomic E-state index is 0. The van der Waals surface area contributed by atoms with Crippen molar-refractivity contribution in [3.05, 3.63) is 24.0 Å². The first kappa shape index (κ1) is 11.9. The lowest BCUT2D eigenvalue weighted by Gasteiger charge is -2.01. The van der Waals surface area contributed by atoms with E-state index in [1.807, 2.05) is 6.92 Å². The van der Waals surface area contributed by atoms with E-state index in [4.69, 9.17) is 9.84 Å². The Hall–Kier alpha value is -1.10. The number of ether oxygens (including phenoxy) is 1. The van der Waals surface area contributed by atoms with Crippen LogP contribution in [0.3, 0.4) is 0 Å². The Bertz CT molecular complexity index is 273. The Kier molecular flexibility index (Phi) is 5.06. The maximum atomic E-state index is 10.1. The fraction of sp³-hybridized carbons (Fsp3) is 0.250. The summed E-state index contributed by atoms with van der Waals surface area (Å²) in [5.41, 5.74) is 0.873. The van der Waals surface area contributed by atoms with Crippen molar-refractivity contribution in [2.24, 2.45) is 0 Å². The minimum atomic E-state index is -0.990. The Labute approximate surface area is 86.3 Å². The number of aryl methyl sites for hydroxylation is 1. The van der Waals surface area contributed by atoms with Gasteiger partial charge in [0.1, 0.15) is 5.75 Å². The van der Waals surface area contributed by atoms with E-state index in [0.29, 0.717) is 5.75 Å². The van der Waals surface area contributed by atoms with Crippen molar-refractivity contribution >= 4 is 23.0 Å². The largest absolute Gasteiger partial charge is 0.480 e. The van der Waals surface area contributed by atoms with Crippen LogP contribution in [0.25, 0.3) is 0 Å². The third-order valence-electron chi connectivity index (χ3n) is 1.25. The highest BCUT2D eigenvalue weighted by Crippen LogP contribution is 2.07. The van der Waals surface area contributed by atoms with Gasteiger partial charge in [0.25, 0.3) is 0 Å². The summed E-state index contributed by atoms with van der Waals surface area (Å²) in [4.78, 5) is 14.0. The Morgan fingerprint density at radius 1 is 1.62 bits per heavy atom. The second-order valence-electron chi connectivity index (χ2n) is 2.32. The van der Waals surface area contributed by atoms with Gasteiger partial charge in [0.2, 0.25) is 0 Å². The summed E-state index contributed by atoms with van der Waals surface area (Å²) in [6.07, 6.45) is 1.50. The van der Waals surface area contributed by atoms with E-state index in [1.165, 1.54) is 6.20 Å². The van der Waals surface area contributed by atoms with Gasteiger partial charge < -0.3 is 9.84 Å². The number of aliphatic carboxylic acids is 1.